The maximum absolute atomic E-state index is 5.85. The van der Waals surface area contributed by atoms with Crippen molar-refractivity contribution in [2.24, 2.45) is 0 Å². The van der Waals surface area contributed by atoms with Gasteiger partial charge < -0.3 is 9.47 Å². The van der Waals surface area contributed by atoms with Gasteiger partial charge in [-0.2, -0.15) is 0 Å². The smallest absolute Gasteiger partial charge is 0.0805 e. The molecule has 1 rings (SSSR count). The second-order valence-corrected chi connectivity index (χ2v) is 9.51. The quantitative estimate of drug-likeness (QED) is 0.147. The van der Waals surface area contributed by atoms with Gasteiger partial charge in [-0.25, -0.2) is 0 Å². The van der Waals surface area contributed by atoms with E-state index in [1.807, 2.05) is 0 Å². The third-order valence-corrected chi connectivity index (χ3v) is 6.46. The van der Waals surface area contributed by atoms with E-state index in [4.69, 9.17) is 9.47 Å². The van der Waals surface area contributed by atoms with Gasteiger partial charge in [0.25, 0.3) is 0 Å². The number of hydrogen-bond donors (Lipinski definition) is 0. The molecule has 32 heavy (non-hydrogen) atoms. The van der Waals surface area contributed by atoms with Crippen molar-refractivity contribution >= 4 is 0 Å². The van der Waals surface area contributed by atoms with Crippen LogP contribution >= 0.6 is 0 Å². The lowest BCUT2D eigenvalue weighted by atomic mass is 10.0. The average molecular weight is 447 g/mol. The lowest BCUT2D eigenvalue weighted by Gasteiger charge is -2.16. The summed E-state index contributed by atoms with van der Waals surface area (Å²) in [6.07, 6.45) is 24.5. The zero-order chi connectivity index (χ0) is 23.0. The van der Waals surface area contributed by atoms with Gasteiger partial charge in [-0.15, -0.1) is 0 Å². The van der Waals surface area contributed by atoms with E-state index in [1.54, 1.807) is 0 Å². The van der Waals surface area contributed by atoms with Gasteiger partial charge in [0.1, 0.15) is 0 Å². The Bertz CT molecular complexity index is 473. The molecule has 0 aliphatic carbocycles. The molecule has 0 heterocycles. The van der Waals surface area contributed by atoms with Crippen LogP contribution in [0.25, 0.3) is 0 Å². The van der Waals surface area contributed by atoms with Crippen molar-refractivity contribution in [3.63, 3.8) is 0 Å². The highest BCUT2D eigenvalue weighted by molar-refractivity contribution is 5.14. The summed E-state index contributed by atoms with van der Waals surface area (Å²) in [5.41, 5.74) is 1.49. The second-order valence-electron chi connectivity index (χ2n) is 9.51. The first-order chi connectivity index (χ1) is 15.9. The molecule has 1 atom stereocenters. The fourth-order valence-electron chi connectivity index (χ4n) is 4.19. The SMILES string of the molecule is CCCCOC(CC)COCCCCCCCCCCCCCCCCc1ccccc1. The van der Waals surface area contributed by atoms with Crippen molar-refractivity contribution in [2.45, 2.75) is 136 Å². The second kappa shape index (κ2) is 23.3. The first-order valence-electron chi connectivity index (χ1n) is 14.1. The summed E-state index contributed by atoms with van der Waals surface area (Å²) >= 11 is 0. The van der Waals surface area contributed by atoms with Crippen molar-refractivity contribution in [3.8, 4) is 0 Å². The van der Waals surface area contributed by atoms with Crippen molar-refractivity contribution < 1.29 is 9.47 Å². The van der Waals surface area contributed by atoms with Gasteiger partial charge in [0.2, 0.25) is 0 Å². The maximum atomic E-state index is 5.85. The van der Waals surface area contributed by atoms with Crippen molar-refractivity contribution in [3.05, 3.63) is 35.9 Å². The van der Waals surface area contributed by atoms with E-state index in [0.717, 1.165) is 32.7 Å². The highest BCUT2D eigenvalue weighted by atomic mass is 16.5. The number of benzene rings is 1. The fourth-order valence-corrected chi connectivity index (χ4v) is 4.19. The van der Waals surface area contributed by atoms with E-state index >= 15 is 0 Å². The van der Waals surface area contributed by atoms with Gasteiger partial charge in [0.05, 0.1) is 12.7 Å². The van der Waals surface area contributed by atoms with E-state index in [-0.39, 0.29) is 0 Å². The minimum absolute atomic E-state index is 0.293. The number of aryl methyl sites for hydroxylation is 1. The molecule has 0 fully saturated rings. The lowest BCUT2D eigenvalue weighted by molar-refractivity contribution is -0.0197. The summed E-state index contributed by atoms with van der Waals surface area (Å²) in [6.45, 7) is 6.95. The molecular weight excluding hydrogens is 392 g/mol. The molecule has 0 bridgehead atoms. The first-order valence-corrected chi connectivity index (χ1v) is 14.1. The molecule has 0 aromatic heterocycles. The van der Waals surface area contributed by atoms with E-state index in [1.165, 1.54) is 108 Å². The van der Waals surface area contributed by atoms with Crippen LogP contribution in [0.4, 0.5) is 0 Å². The van der Waals surface area contributed by atoms with Crippen LogP contribution in [0.5, 0.6) is 0 Å². The Morgan fingerprint density at radius 3 is 1.66 bits per heavy atom. The molecule has 0 N–H and O–H groups in total. The molecule has 0 saturated heterocycles. The lowest BCUT2D eigenvalue weighted by Crippen LogP contribution is -2.20. The minimum atomic E-state index is 0.293. The van der Waals surface area contributed by atoms with Crippen LogP contribution in [-0.2, 0) is 15.9 Å². The van der Waals surface area contributed by atoms with Crippen LogP contribution in [0.15, 0.2) is 30.3 Å². The Morgan fingerprint density at radius 1 is 0.594 bits per heavy atom. The summed E-state index contributed by atoms with van der Waals surface area (Å²) in [4.78, 5) is 0. The summed E-state index contributed by atoms with van der Waals surface area (Å²) in [7, 11) is 0. The standard InChI is InChI=1S/C30H54O2/c1-3-5-27-32-30(4-2)28-31-26-22-17-15-13-11-9-7-6-8-10-12-14-16-19-23-29-24-20-18-21-25-29/h18,20-21,24-25,30H,3-17,19,22-23,26-28H2,1-2H3. The van der Waals surface area contributed by atoms with E-state index in [0.29, 0.717) is 6.10 Å². The minimum Gasteiger partial charge on any atom is -0.379 e. The molecule has 2 heteroatoms. The molecule has 1 unspecified atom stereocenters. The van der Waals surface area contributed by atoms with Crippen LogP contribution in [0.1, 0.15) is 129 Å². The summed E-state index contributed by atoms with van der Waals surface area (Å²) in [5, 5.41) is 0. The Balaban J connectivity index is 1.72. The van der Waals surface area contributed by atoms with Crippen LogP contribution in [0.3, 0.4) is 0 Å². The normalized spacial score (nSPS) is 12.3. The summed E-state index contributed by atoms with van der Waals surface area (Å²) in [5.74, 6) is 0. The Kier molecular flexibility index (Phi) is 21.2. The highest BCUT2D eigenvalue weighted by Crippen LogP contribution is 2.14. The van der Waals surface area contributed by atoms with Crippen molar-refractivity contribution in [2.75, 3.05) is 19.8 Å². The molecular formula is C30H54O2. The fraction of sp³-hybridized carbons (Fsp3) is 0.800. The van der Waals surface area contributed by atoms with Crippen LogP contribution in [0.2, 0.25) is 0 Å². The maximum Gasteiger partial charge on any atom is 0.0805 e. The largest absolute Gasteiger partial charge is 0.379 e. The van der Waals surface area contributed by atoms with Gasteiger partial charge in [-0.1, -0.05) is 128 Å². The van der Waals surface area contributed by atoms with Gasteiger partial charge in [-0.05, 0) is 37.7 Å². The molecule has 186 valence electrons. The van der Waals surface area contributed by atoms with E-state index in [9.17, 15) is 0 Å². The van der Waals surface area contributed by atoms with E-state index < -0.39 is 0 Å². The van der Waals surface area contributed by atoms with Gasteiger partial charge in [-0.3, -0.25) is 0 Å². The summed E-state index contributed by atoms with van der Waals surface area (Å²) < 4.78 is 11.7. The van der Waals surface area contributed by atoms with Crippen LogP contribution < -0.4 is 0 Å². The van der Waals surface area contributed by atoms with Crippen LogP contribution in [0, 0.1) is 0 Å². The molecule has 1 aromatic carbocycles. The third kappa shape index (κ3) is 18.7. The Labute approximate surface area is 200 Å². The molecule has 2 nitrogen and oxygen atoms in total. The molecule has 0 spiro atoms. The topological polar surface area (TPSA) is 18.5 Å². The predicted molar refractivity (Wildman–Crippen MR) is 141 cm³/mol. The monoisotopic (exact) mass is 446 g/mol. The van der Waals surface area contributed by atoms with Crippen molar-refractivity contribution in [1.29, 1.82) is 0 Å². The molecule has 0 aliphatic rings. The molecule has 0 radical (unpaired) electrons. The highest BCUT2D eigenvalue weighted by Gasteiger charge is 2.06. The van der Waals surface area contributed by atoms with Gasteiger partial charge in [0, 0.05) is 13.2 Å². The van der Waals surface area contributed by atoms with Crippen molar-refractivity contribution in [1.82, 2.24) is 0 Å². The number of unbranched alkanes of at least 4 members (excludes halogenated alkanes) is 14. The molecule has 0 aliphatic heterocycles. The number of ether oxygens (including phenoxy) is 2. The zero-order valence-electron chi connectivity index (χ0n) is 21.6. The van der Waals surface area contributed by atoms with Crippen LogP contribution in [-0.4, -0.2) is 25.9 Å². The summed E-state index contributed by atoms with van der Waals surface area (Å²) in [6, 6.07) is 10.9. The number of rotatable bonds is 24. The Morgan fingerprint density at radius 2 is 1.12 bits per heavy atom. The number of hydrogen-bond acceptors (Lipinski definition) is 2. The van der Waals surface area contributed by atoms with E-state index in [2.05, 4.69) is 44.2 Å². The van der Waals surface area contributed by atoms with Gasteiger partial charge >= 0.3 is 0 Å². The average Bonchev–Trinajstić information content (AvgIpc) is 2.82. The predicted octanol–water partition coefficient (Wildman–Crippen LogP) is 9.30. The Hall–Kier alpha value is -0.860. The first kappa shape index (κ1) is 29.2. The molecule has 0 amide bonds. The molecule has 0 saturated carbocycles. The van der Waals surface area contributed by atoms with Gasteiger partial charge in [0.15, 0.2) is 0 Å². The zero-order valence-corrected chi connectivity index (χ0v) is 21.6. The third-order valence-electron chi connectivity index (χ3n) is 6.46. The molecule has 1 aromatic rings.